The van der Waals surface area contributed by atoms with E-state index in [0.29, 0.717) is 25.0 Å². The van der Waals surface area contributed by atoms with Crippen LogP contribution in [0.2, 0.25) is 0 Å². The van der Waals surface area contributed by atoms with E-state index < -0.39 is 0 Å². The van der Waals surface area contributed by atoms with E-state index in [1.54, 1.807) is 18.3 Å². The molecule has 0 saturated heterocycles. The highest BCUT2D eigenvalue weighted by molar-refractivity contribution is 5.79. The van der Waals surface area contributed by atoms with E-state index in [1.165, 1.54) is 18.9 Å². The summed E-state index contributed by atoms with van der Waals surface area (Å²) < 4.78 is 15.4. The maximum Gasteiger partial charge on any atom is 0.226 e. The highest BCUT2D eigenvalue weighted by atomic mass is 19.1. The van der Waals surface area contributed by atoms with Crippen molar-refractivity contribution in [3.05, 3.63) is 53.9 Å². The lowest BCUT2D eigenvalue weighted by Gasteiger charge is -2.25. The Bertz CT molecular complexity index is 747. The fourth-order valence-electron chi connectivity index (χ4n) is 3.80. The molecule has 1 heterocycles. The summed E-state index contributed by atoms with van der Waals surface area (Å²) in [6.07, 6.45) is 10.3. The van der Waals surface area contributed by atoms with Crippen LogP contribution in [-0.2, 0) is 17.9 Å². The molecule has 5 heteroatoms. The fourth-order valence-corrected chi connectivity index (χ4v) is 3.80. The largest absolute Gasteiger partial charge is 0.332 e. The van der Waals surface area contributed by atoms with Gasteiger partial charge in [0, 0.05) is 30.9 Å². The minimum atomic E-state index is -0.227. The molecule has 132 valence electrons. The number of amides is 1. The van der Waals surface area contributed by atoms with Gasteiger partial charge in [-0.3, -0.25) is 4.79 Å². The van der Waals surface area contributed by atoms with Crippen molar-refractivity contribution >= 4 is 5.91 Å². The summed E-state index contributed by atoms with van der Waals surface area (Å²) in [6.45, 7) is 1.13. The van der Waals surface area contributed by atoms with E-state index in [2.05, 4.69) is 4.98 Å². The number of carbonyl (C=O) groups excluding carboxylic acids is 1. The van der Waals surface area contributed by atoms with Crippen LogP contribution in [0.25, 0.3) is 0 Å². The molecule has 2 aromatic rings. The summed E-state index contributed by atoms with van der Waals surface area (Å²) in [5.41, 5.74) is 0.902. The van der Waals surface area contributed by atoms with Crippen LogP contribution < -0.4 is 0 Å². The highest BCUT2D eigenvalue weighted by Crippen LogP contribution is 2.33. The van der Waals surface area contributed by atoms with Gasteiger partial charge in [0.1, 0.15) is 11.6 Å². The first-order valence-corrected chi connectivity index (χ1v) is 9.25. The third-order valence-corrected chi connectivity index (χ3v) is 5.33. The van der Waals surface area contributed by atoms with E-state index in [1.807, 2.05) is 21.7 Å². The van der Waals surface area contributed by atoms with Gasteiger partial charge in [0.2, 0.25) is 5.91 Å². The van der Waals surface area contributed by atoms with E-state index in [0.717, 1.165) is 37.1 Å². The topological polar surface area (TPSA) is 38.1 Å². The first kappa shape index (κ1) is 16.3. The number of carbonyl (C=O) groups is 1. The minimum Gasteiger partial charge on any atom is -0.332 e. The van der Waals surface area contributed by atoms with Crippen molar-refractivity contribution in [3.8, 4) is 0 Å². The van der Waals surface area contributed by atoms with Crippen LogP contribution in [0.3, 0.4) is 0 Å². The quantitative estimate of drug-likeness (QED) is 0.802. The van der Waals surface area contributed by atoms with Crippen LogP contribution in [0.1, 0.15) is 49.9 Å². The van der Waals surface area contributed by atoms with Crippen molar-refractivity contribution < 1.29 is 9.18 Å². The van der Waals surface area contributed by atoms with Gasteiger partial charge in [0.25, 0.3) is 0 Å². The second-order valence-electron chi connectivity index (χ2n) is 7.28. The van der Waals surface area contributed by atoms with Gasteiger partial charge in [-0.05, 0) is 43.4 Å². The fraction of sp³-hybridized carbons (Fsp3) is 0.500. The van der Waals surface area contributed by atoms with Gasteiger partial charge in [-0.15, -0.1) is 0 Å². The molecule has 0 unspecified atom stereocenters. The van der Waals surface area contributed by atoms with Gasteiger partial charge in [0.15, 0.2) is 0 Å². The summed E-state index contributed by atoms with van der Waals surface area (Å²) in [4.78, 5) is 19.4. The number of nitrogens with zero attached hydrogens (tertiary/aromatic N) is 3. The Hall–Kier alpha value is -2.17. The summed E-state index contributed by atoms with van der Waals surface area (Å²) in [6, 6.07) is 7.02. The first-order valence-electron chi connectivity index (χ1n) is 9.25. The molecule has 2 aliphatic carbocycles. The lowest BCUT2D eigenvalue weighted by Crippen LogP contribution is -2.37. The van der Waals surface area contributed by atoms with E-state index in [4.69, 9.17) is 0 Å². The van der Waals surface area contributed by atoms with Crippen molar-refractivity contribution in [3.63, 3.8) is 0 Å². The number of rotatable bonds is 6. The molecular formula is C20H24FN3O. The van der Waals surface area contributed by atoms with Crippen molar-refractivity contribution in [2.24, 2.45) is 5.92 Å². The predicted molar refractivity (Wildman–Crippen MR) is 93.3 cm³/mol. The lowest BCUT2D eigenvalue weighted by atomic mass is 10.1. The Morgan fingerprint density at radius 1 is 1.24 bits per heavy atom. The number of benzene rings is 1. The standard InChI is InChI=1S/C20H24FN3O/c21-17-7-3-4-15(12-17)13-23-11-10-22-19(23)14-24(18-8-9-18)20(25)16-5-1-2-6-16/h3-4,7,10-12,16,18H,1-2,5-6,8-9,13-14H2. The van der Waals surface area contributed by atoms with Crippen molar-refractivity contribution in [2.75, 3.05) is 0 Å². The first-order chi connectivity index (χ1) is 12.2. The monoisotopic (exact) mass is 341 g/mol. The van der Waals surface area contributed by atoms with Gasteiger partial charge < -0.3 is 9.47 Å². The summed E-state index contributed by atoms with van der Waals surface area (Å²) >= 11 is 0. The molecule has 1 amide bonds. The number of imidazole rings is 1. The number of aromatic nitrogens is 2. The maximum atomic E-state index is 13.4. The van der Waals surface area contributed by atoms with Crippen LogP contribution in [0, 0.1) is 11.7 Å². The molecule has 0 N–H and O–H groups in total. The third kappa shape index (κ3) is 3.75. The zero-order chi connectivity index (χ0) is 17.2. The average molecular weight is 341 g/mol. The van der Waals surface area contributed by atoms with Crippen LogP contribution in [0.5, 0.6) is 0 Å². The normalized spacial score (nSPS) is 17.8. The van der Waals surface area contributed by atoms with E-state index in [9.17, 15) is 9.18 Å². The maximum absolute atomic E-state index is 13.4. The molecule has 1 aromatic heterocycles. The van der Waals surface area contributed by atoms with Gasteiger partial charge >= 0.3 is 0 Å². The number of hydrogen-bond donors (Lipinski definition) is 0. The summed E-state index contributed by atoms with van der Waals surface area (Å²) in [7, 11) is 0. The SMILES string of the molecule is O=C(C1CCCC1)N(Cc1nccn1Cc1cccc(F)c1)C1CC1. The van der Waals surface area contributed by atoms with Crippen molar-refractivity contribution in [1.82, 2.24) is 14.5 Å². The van der Waals surface area contributed by atoms with Crippen LogP contribution >= 0.6 is 0 Å². The Morgan fingerprint density at radius 2 is 2.04 bits per heavy atom. The molecule has 4 rings (SSSR count). The zero-order valence-electron chi connectivity index (χ0n) is 14.4. The molecule has 4 nitrogen and oxygen atoms in total. The zero-order valence-corrected chi connectivity index (χ0v) is 14.4. The van der Waals surface area contributed by atoms with Crippen molar-refractivity contribution in [1.29, 1.82) is 0 Å². The van der Waals surface area contributed by atoms with Crippen molar-refractivity contribution in [2.45, 2.75) is 57.7 Å². The number of hydrogen-bond acceptors (Lipinski definition) is 2. The molecular weight excluding hydrogens is 317 g/mol. The van der Waals surface area contributed by atoms with Crippen LogP contribution in [-0.4, -0.2) is 26.4 Å². The molecule has 0 radical (unpaired) electrons. The van der Waals surface area contributed by atoms with E-state index >= 15 is 0 Å². The lowest BCUT2D eigenvalue weighted by molar-refractivity contribution is -0.136. The molecule has 2 fully saturated rings. The van der Waals surface area contributed by atoms with Gasteiger partial charge in [-0.2, -0.15) is 0 Å². The number of halogens is 1. The molecule has 0 atom stereocenters. The molecule has 25 heavy (non-hydrogen) atoms. The molecule has 0 aliphatic heterocycles. The molecule has 0 spiro atoms. The Balaban J connectivity index is 1.49. The van der Waals surface area contributed by atoms with Crippen LogP contribution in [0.15, 0.2) is 36.7 Å². The molecule has 1 aromatic carbocycles. The molecule has 0 bridgehead atoms. The second-order valence-corrected chi connectivity index (χ2v) is 7.28. The third-order valence-electron chi connectivity index (χ3n) is 5.33. The smallest absolute Gasteiger partial charge is 0.226 e. The van der Waals surface area contributed by atoms with E-state index in [-0.39, 0.29) is 11.7 Å². The summed E-state index contributed by atoms with van der Waals surface area (Å²) in [5.74, 6) is 1.16. The summed E-state index contributed by atoms with van der Waals surface area (Å²) in [5, 5.41) is 0. The minimum absolute atomic E-state index is 0.201. The van der Waals surface area contributed by atoms with Gasteiger partial charge in [-0.25, -0.2) is 9.37 Å². The second kappa shape index (κ2) is 6.98. The Kier molecular flexibility index (Phi) is 4.55. The predicted octanol–water partition coefficient (Wildman–Crippen LogP) is 3.75. The van der Waals surface area contributed by atoms with Gasteiger partial charge in [-0.1, -0.05) is 25.0 Å². The molecule has 2 aliphatic rings. The van der Waals surface area contributed by atoms with Gasteiger partial charge in [0.05, 0.1) is 6.54 Å². The molecule has 2 saturated carbocycles. The Labute approximate surface area is 147 Å². The highest BCUT2D eigenvalue weighted by Gasteiger charge is 2.37. The Morgan fingerprint density at radius 3 is 2.76 bits per heavy atom. The van der Waals surface area contributed by atoms with Crippen LogP contribution in [0.4, 0.5) is 4.39 Å². The average Bonchev–Trinajstić information content (AvgIpc) is 3.11.